The van der Waals surface area contributed by atoms with E-state index in [1.165, 1.54) is 71.1 Å². The van der Waals surface area contributed by atoms with Gasteiger partial charge < -0.3 is 14.9 Å². The fourth-order valence-electron chi connectivity index (χ4n) is 5.07. The number of hydrogen-bond acceptors (Lipinski definition) is 4. The molecule has 2 aliphatic carbocycles. The second-order valence-electron chi connectivity index (χ2n) is 9.81. The normalized spacial score (nSPS) is 23.9. The van der Waals surface area contributed by atoms with Crippen molar-refractivity contribution in [3.05, 3.63) is 24.3 Å². The van der Waals surface area contributed by atoms with Crippen LogP contribution in [-0.4, -0.2) is 28.6 Å². The Morgan fingerprint density at radius 3 is 2.60 bits per heavy atom. The monoisotopic (exact) mass is 420 g/mol. The van der Waals surface area contributed by atoms with E-state index in [1.54, 1.807) is 0 Å². The van der Waals surface area contributed by atoms with Crippen LogP contribution in [0, 0.1) is 17.3 Å². The highest BCUT2D eigenvalue weighted by Crippen LogP contribution is 2.48. The molecule has 2 rings (SSSR count). The van der Waals surface area contributed by atoms with Crippen molar-refractivity contribution in [2.75, 3.05) is 6.61 Å². The lowest BCUT2D eigenvalue weighted by Gasteiger charge is -2.41. The lowest BCUT2D eigenvalue weighted by molar-refractivity contribution is -0.204. The number of carbonyl (C=O) groups is 1. The van der Waals surface area contributed by atoms with Gasteiger partial charge in [-0.2, -0.15) is 0 Å². The molecule has 0 aliphatic heterocycles. The van der Waals surface area contributed by atoms with E-state index in [4.69, 9.17) is 0 Å². The Morgan fingerprint density at radius 1 is 1.13 bits per heavy atom. The van der Waals surface area contributed by atoms with Crippen molar-refractivity contribution in [1.29, 1.82) is 0 Å². The molecule has 0 aromatic heterocycles. The van der Waals surface area contributed by atoms with Gasteiger partial charge in [0, 0.05) is 13.3 Å². The number of unbranched alkanes of at least 4 members (excludes halogenated alkanes) is 2. The highest BCUT2D eigenvalue weighted by Gasteiger charge is 2.35. The highest BCUT2D eigenvalue weighted by molar-refractivity contribution is 5.65. The maximum absolute atomic E-state index is 10.8. The predicted molar refractivity (Wildman–Crippen MR) is 122 cm³/mol. The minimum Gasteiger partial charge on any atom is -0.460 e. The molecule has 2 atom stereocenters. The summed E-state index contributed by atoms with van der Waals surface area (Å²) in [5, 5.41) is 19.6. The van der Waals surface area contributed by atoms with Crippen molar-refractivity contribution >= 4 is 5.97 Å². The predicted octanol–water partition coefficient (Wildman–Crippen LogP) is 6.07. The SMILES string of the molecule is CCCCC1(C/C=C/[C@H]2CCC[C@@H]2C/C=C\CCCC(O)(O)COC(C)=O)CCC1. The molecular formula is C26H44O4. The molecule has 0 heterocycles. The maximum Gasteiger partial charge on any atom is 0.302 e. The van der Waals surface area contributed by atoms with Gasteiger partial charge in [-0.15, -0.1) is 0 Å². The number of esters is 1. The van der Waals surface area contributed by atoms with E-state index in [0.29, 0.717) is 11.8 Å². The minimum absolute atomic E-state index is 0.208. The summed E-state index contributed by atoms with van der Waals surface area (Å²) in [5.74, 6) is -0.935. The first-order valence-electron chi connectivity index (χ1n) is 12.3. The third-order valence-corrected chi connectivity index (χ3v) is 7.19. The van der Waals surface area contributed by atoms with Gasteiger partial charge in [-0.25, -0.2) is 0 Å². The summed E-state index contributed by atoms with van der Waals surface area (Å²) in [4.78, 5) is 10.8. The van der Waals surface area contributed by atoms with Crippen LogP contribution >= 0.6 is 0 Å². The van der Waals surface area contributed by atoms with Crippen LogP contribution in [-0.2, 0) is 9.53 Å². The molecule has 0 bridgehead atoms. The Balaban J connectivity index is 1.65. The lowest BCUT2D eigenvalue weighted by atomic mass is 9.64. The molecule has 30 heavy (non-hydrogen) atoms. The standard InChI is InChI=1S/C26H44O4/c1-3-4-16-25(18-11-19-25)17-10-15-24-14-9-13-23(24)12-7-5-6-8-20-26(28,29)21-30-22(2)27/h5,7,10,15,23-24,28-29H,3-4,6,8-9,11-14,16-21H2,1-2H3/b7-5-,15-10+/t23-,24+/m0/s1. The van der Waals surface area contributed by atoms with Gasteiger partial charge in [0.15, 0.2) is 5.79 Å². The first-order chi connectivity index (χ1) is 14.4. The zero-order chi connectivity index (χ0) is 21.9. The molecule has 0 amide bonds. The molecule has 0 aromatic rings. The molecule has 2 aliphatic rings. The van der Waals surface area contributed by atoms with Crippen LogP contribution in [0.25, 0.3) is 0 Å². The van der Waals surface area contributed by atoms with Crippen molar-refractivity contribution in [2.45, 2.75) is 110 Å². The highest BCUT2D eigenvalue weighted by atomic mass is 16.6. The lowest BCUT2D eigenvalue weighted by Crippen LogP contribution is -2.34. The molecule has 4 nitrogen and oxygen atoms in total. The van der Waals surface area contributed by atoms with Gasteiger partial charge in [0.25, 0.3) is 0 Å². The fraction of sp³-hybridized carbons (Fsp3) is 0.808. The number of aliphatic hydroxyl groups is 2. The molecule has 2 fully saturated rings. The van der Waals surface area contributed by atoms with Crippen LogP contribution in [0.4, 0.5) is 0 Å². The summed E-state index contributed by atoms with van der Waals surface area (Å²) in [6.07, 6.45) is 25.9. The first-order valence-corrected chi connectivity index (χ1v) is 12.3. The van der Waals surface area contributed by atoms with Gasteiger partial charge in [0.2, 0.25) is 0 Å². The smallest absolute Gasteiger partial charge is 0.302 e. The number of ether oxygens (including phenoxy) is 1. The molecular weight excluding hydrogens is 376 g/mol. The van der Waals surface area contributed by atoms with Crippen LogP contribution < -0.4 is 0 Å². The van der Waals surface area contributed by atoms with E-state index >= 15 is 0 Å². The van der Waals surface area contributed by atoms with Gasteiger partial charge in [-0.3, -0.25) is 4.79 Å². The van der Waals surface area contributed by atoms with E-state index in [0.717, 1.165) is 24.7 Å². The zero-order valence-electron chi connectivity index (χ0n) is 19.3. The zero-order valence-corrected chi connectivity index (χ0v) is 19.3. The summed E-state index contributed by atoms with van der Waals surface area (Å²) in [6, 6.07) is 0. The molecule has 0 saturated heterocycles. The van der Waals surface area contributed by atoms with Gasteiger partial charge in [0.05, 0.1) is 0 Å². The Kier molecular flexibility index (Phi) is 10.6. The average molecular weight is 421 g/mol. The van der Waals surface area contributed by atoms with Gasteiger partial charge >= 0.3 is 5.97 Å². The van der Waals surface area contributed by atoms with Gasteiger partial charge in [0.1, 0.15) is 6.61 Å². The quantitative estimate of drug-likeness (QED) is 0.155. The minimum atomic E-state index is -1.92. The molecule has 2 N–H and O–H groups in total. The van der Waals surface area contributed by atoms with Crippen LogP contribution in [0.15, 0.2) is 24.3 Å². The van der Waals surface area contributed by atoms with Crippen molar-refractivity contribution < 1.29 is 19.7 Å². The average Bonchev–Trinajstić information content (AvgIpc) is 3.11. The van der Waals surface area contributed by atoms with Gasteiger partial charge in [-0.05, 0) is 75.0 Å². The Morgan fingerprint density at radius 2 is 1.93 bits per heavy atom. The Bertz CT molecular complexity index is 559. The molecule has 172 valence electrons. The molecule has 0 aromatic carbocycles. The van der Waals surface area contributed by atoms with Crippen molar-refractivity contribution in [3.8, 4) is 0 Å². The molecule has 2 saturated carbocycles. The third kappa shape index (κ3) is 8.93. The topological polar surface area (TPSA) is 66.8 Å². The summed E-state index contributed by atoms with van der Waals surface area (Å²) in [6.45, 7) is 3.20. The number of allylic oxidation sites excluding steroid dienone is 4. The van der Waals surface area contributed by atoms with Gasteiger partial charge in [-0.1, -0.05) is 56.9 Å². The van der Waals surface area contributed by atoms with Crippen LogP contribution in [0.3, 0.4) is 0 Å². The maximum atomic E-state index is 10.8. The van der Waals surface area contributed by atoms with E-state index in [1.807, 2.05) is 0 Å². The Labute approximate surface area is 183 Å². The number of hydrogen-bond donors (Lipinski definition) is 2. The number of rotatable bonds is 14. The van der Waals surface area contributed by atoms with E-state index in [9.17, 15) is 15.0 Å². The van der Waals surface area contributed by atoms with Crippen molar-refractivity contribution in [2.24, 2.45) is 17.3 Å². The van der Waals surface area contributed by atoms with Crippen molar-refractivity contribution in [1.82, 2.24) is 0 Å². The molecule has 0 radical (unpaired) electrons. The third-order valence-electron chi connectivity index (χ3n) is 7.19. The number of carbonyl (C=O) groups excluding carboxylic acids is 1. The fourth-order valence-corrected chi connectivity index (χ4v) is 5.07. The molecule has 0 spiro atoms. The van der Waals surface area contributed by atoms with E-state index in [-0.39, 0.29) is 13.0 Å². The summed E-state index contributed by atoms with van der Waals surface area (Å²) in [5.41, 5.74) is 0.630. The second kappa shape index (κ2) is 12.7. The summed E-state index contributed by atoms with van der Waals surface area (Å²) < 4.78 is 4.68. The van der Waals surface area contributed by atoms with E-state index in [2.05, 4.69) is 36.0 Å². The molecule has 0 unspecified atom stereocenters. The second-order valence-corrected chi connectivity index (χ2v) is 9.81. The van der Waals surface area contributed by atoms with E-state index < -0.39 is 11.8 Å². The van der Waals surface area contributed by atoms with Crippen molar-refractivity contribution in [3.63, 3.8) is 0 Å². The summed E-state index contributed by atoms with van der Waals surface area (Å²) in [7, 11) is 0. The Hall–Kier alpha value is -1.13. The van der Waals surface area contributed by atoms with Crippen LogP contribution in [0.5, 0.6) is 0 Å². The van der Waals surface area contributed by atoms with Crippen LogP contribution in [0.2, 0.25) is 0 Å². The largest absolute Gasteiger partial charge is 0.460 e. The first kappa shape index (κ1) is 25.1. The van der Waals surface area contributed by atoms with Crippen LogP contribution in [0.1, 0.15) is 104 Å². The summed E-state index contributed by atoms with van der Waals surface area (Å²) >= 11 is 0. The molecule has 4 heteroatoms.